The summed E-state index contributed by atoms with van der Waals surface area (Å²) in [4.78, 5) is 11.4. The summed E-state index contributed by atoms with van der Waals surface area (Å²) in [7, 11) is 0. The molecule has 2 saturated carbocycles. The van der Waals surface area contributed by atoms with E-state index in [1.54, 1.807) is 0 Å². The van der Waals surface area contributed by atoms with Crippen LogP contribution in [0.3, 0.4) is 0 Å². The second kappa shape index (κ2) is 3.26. The van der Waals surface area contributed by atoms with Crippen molar-refractivity contribution in [1.82, 2.24) is 5.32 Å². The van der Waals surface area contributed by atoms with Crippen LogP contribution in [-0.2, 0) is 4.79 Å². The van der Waals surface area contributed by atoms with Gasteiger partial charge >= 0.3 is 0 Å². The molecule has 0 unspecified atom stereocenters. The maximum atomic E-state index is 11.4. The van der Waals surface area contributed by atoms with E-state index in [9.17, 15) is 9.90 Å². The lowest BCUT2D eigenvalue weighted by Crippen LogP contribution is -2.48. The van der Waals surface area contributed by atoms with E-state index in [4.69, 9.17) is 23.2 Å². The van der Waals surface area contributed by atoms with Gasteiger partial charge in [-0.2, -0.15) is 0 Å². The predicted octanol–water partition coefficient (Wildman–Crippen LogP) is 1.21. The van der Waals surface area contributed by atoms with Gasteiger partial charge in [0.1, 0.15) is 4.33 Å². The summed E-state index contributed by atoms with van der Waals surface area (Å²) in [5.41, 5.74) is -0.675. The number of amides is 1. The molecule has 2 aliphatic carbocycles. The minimum Gasteiger partial charge on any atom is -0.388 e. The van der Waals surface area contributed by atoms with Gasteiger partial charge in [0.05, 0.1) is 11.5 Å². The Labute approximate surface area is 92.8 Å². The van der Waals surface area contributed by atoms with E-state index in [2.05, 4.69) is 5.32 Å². The van der Waals surface area contributed by atoms with Crippen molar-refractivity contribution in [2.75, 3.05) is 6.54 Å². The molecule has 3 nitrogen and oxygen atoms in total. The van der Waals surface area contributed by atoms with Gasteiger partial charge in [0.2, 0.25) is 5.91 Å². The van der Waals surface area contributed by atoms with Gasteiger partial charge in [-0.1, -0.05) is 0 Å². The molecule has 0 aliphatic heterocycles. The molecule has 0 spiro atoms. The highest BCUT2D eigenvalue weighted by molar-refractivity contribution is 6.52. The SMILES string of the molecule is O=C(NCC1(O)CCC1)[C@H]1CC1(Cl)Cl. The van der Waals surface area contributed by atoms with Crippen LogP contribution in [0.5, 0.6) is 0 Å². The minimum absolute atomic E-state index is 0.143. The number of carbonyl (C=O) groups excluding carboxylic acids is 1. The Hall–Kier alpha value is 0.01000. The maximum absolute atomic E-state index is 11.4. The van der Waals surface area contributed by atoms with Crippen molar-refractivity contribution in [3.63, 3.8) is 0 Å². The number of alkyl halides is 2. The Bertz CT molecular complexity index is 264. The fraction of sp³-hybridized carbons (Fsp3) is 0.889. The number of nitrogens with one attached hydrogen (secondary N) is 1. The highest BCUT2D eigenvalue weighted by Gasteiger charge is 2.56. The number of carbonyl (C=O) groups is 1. The summed E-state index contributed by atoms with van der Waals surface area (Å²) in [6.07, 6.45) is 3.08. The number of hydrogen-bond acceptors (Lipinski definition) is 2. The summed E-state index contributed by atoms with van der Waals surface area (Å²) in [6.45, 7) is 0.326. The molecule has 2 N–H and O–H groups in total. The van der Waals surface area contributed by atoms with E-state index < -0.39 is 9.93 Å². The molecule has 0 radical (unpaired) electrons. The van der Waals surface area contributed by atoms with Gasteiger partial charge in [-0.15, -0.1) is 23.2 Å². The average molecular weight is 238 g/mol. The Morgan fingerprint density at radius 1 is 1.50 bits per heavy atom. The number of rotatable bonds is 3. The zero-order valence-electron chi connectivity index (χ0n) is 7.72. The van der Waals surface area contributed by atoms with Crippen LogP contribution in [0.15, 0.2) is 0 Å². The Morgan fingerprint density at radius 3 is 2.43 bits per heavy atom. The van der Waals surface area contributed by atoms with Crippen LogP contribution >= 0.6 is 23.2 Å². The molecule has 2 rings (SSSR count). The van der Waals surface area contributed by atoms with Crippen molar-refractivity contribution in [2.24, 2.45) is 5.92 Å². The average Bonchev–Trinajstić information content (AvgIpc) is 2.68. The molecule has 0 aromatic heterocycles. The summed E-state index contributed by atoms with van der Waals surface area (Å²) in [5, 5.41) is 12.4. The van der Waals surface area contributed by atoms with Gasteiger partial charge in [0.15, 0.2) is 0 Å². The van der Waals surface area contributed by atoms with Crippen LogP contribution in [0.25, 0.3) is 0 Å². The number of aliphatic hydroxyl groups is 1. The van der Waals surface area contributed by atoms with Gasteiger partial charge in [-0.3, -0.25) is 4.79 Å². The van der Waals surface area contributed by atoms with Crippen molar-refractivity contribution in [2.45, 2.75) is 35.6 Å². The first-order valence-electron chi connectivity index (χ1n) is 4.81. The summed E-state index contributed by atoms with van der Waals surface area (Å²) in [6, 6.07) is 0. The molecular formula is C9H13Cl2NO2. The highest BCUT2D eigenvalue weighted by atomic mass is 35.5. The monoisotopic (exact) mass is 237 g/mol. The standard InChI is InChI=1S/C9H13Cl2NO2/c10-9(11)4-6(9)7(13)12-5-8(14)2-1-3-8/h6,14H,1-5H2,(H,12,13)/t6-/m1/s1. The smallest absolute Gasteiger partial charge is 0.226 e. The van der Waals surface area contributed by atoms with Crippen LogP contribution in [0.1, 0.15) is 25.7 Å². The van der Waals surface area contributed by atoms with E-state index in [0.717, 1.165) is 19.3 Å². The van der Waals surface area contributed by atoms with Crippen LogP contribution in [0.2, 0.25) is 0 Å². The molecule has 5 heteroatoms. The van der Waals surface area contributed by atoms with E-state index in [-0.39, 0.29) is 11.8 Å². The predicted molar refractivity (Wildman–Crippen MR) is 54.4 cm³/mol. The third-order valence-electron chi connectivity index (χ3n) is 3.02. The topological polar surface area (TPSA) is 49.3 Å². The Balaban J connectivity index is 1.74. The lowest BCUT2D eigenvalue weighted by molar-refractivity contribution is -0.124. The lowest BCUT2D eigenvalue weighted by atomic mass is 9.80. The molecular weight excluding hydrogens is 225 g/mol. The van der Waals surface area contributed by atoms with Crippen molar-refractivity contribution >= 4 is 29.1 Å². The molecule has 1 amide bonds. The second-order valence-corrected chi connectivity index (χ2v) is 5.86. The summed E-state index contributed by atoms with van der Waals surface area (Å²) in [5.74, 6) is -0.440. The van der Waals surface area contributed by atoms with Crippen molar-refractivity contribution in [3.05, 3.63) is 0 Å². The van der Waals surface area contributed by atoms with Gasteiger partial charge in [0.25, 0.3) is 0 Å². The molecule has 0 aromatic rings. The zero-order valence-corrected chi connectivity index (χ0v) is 9.24. The fourth-order valence-electron chi connectivity index (χ4n) is 1.63. The maximum Gasteiger partial charge on any atom is 0.226 e. The van der Waals surface area contributed by atoms with Crippen molar-refractivity contribution in [3.8, 4) is 0 Å². The highest BCUT2D eigenvalue weighted by Crippen LogP contribution is 2.53. The summed E-state index contributed by atoms with van der Waals surface area (Å²) < 4.78 is -0.869. The van der Waals surface area contributed by atoms with Crippen molar-refractivity contribution < 1.29 is 9.90 Å². The third-order valence-corrected chi connectivity index (χ3v) is 3.85. The third kappa shape index (κ3) is 2.00. The lowest BCUT2D eigenvalue weighted by Gasteiger charge is -2.36. The van der Waals surface area contributed by atoms with E-state index in [1.807, 2.05) is 0 Å². The number of halogens is 2. The molecule has 80 valence electrons. The molecule has 0 saturated heterocycles. The van der Waals surface area contributed by atoms with E-state index >= 15 is 0 Å². The summed E-state index contributed by atoms with van der Waals surface area (Å²) >= 11 is 11.5. The minimum atomic E-state index is -0.869. The van der Waals surface area contributed by atoms with Gasteiger partial charge in [0, 0.05) is 6.54 Å². The molecule has 0 aromatic carbocycles. The van der Waals surface area contributed by atoms with Crippen LogP contribution < -0.4 is 5.32 Å². The normalized spacial score (nSPS) is 31.8. The first-order valence-corrected chi connectivity index (χ1v) is 5.56. The molecule has 2 aliphatic rings. The van der Waals surface area contributed by atoms with E-state index in [0.29, 0.717) is 13.0 Å². The molecule has 2 fully saturated rings. The Kier molecular flexibility index (Phi) is 2.45. The molecule has 0 heterocycles. The second-order valence-electron chi connectivity index (χ2n) is 4.31. The fourth-order valence-corrected chi connectivity index (χ4v) is 2.14. The van der Waals surface area contributed by atoms with E-state index in [1.165, 1.54) is 0 Å². The van der Waals surface area contributed by atoms with Crippen molar-refractivity contribution in [1.29, 1.82) is 0 Å². The first kappa shape index (κ1) is 10.5. The van der Waals surface area contributed by atoms with Gasteiger partial charge < -0.3 is 10.4 Å². The van der Waals surface area contributed by atoms with Crippen LogP contribution in [0.4, 0.5) is 0 Å². The molecule has 0 bridgehead atoms. The Morgan fingerprint density at radius 2 is 2.07 bits per heavy atom. The van der Waals surface area contributed by atoms with Crippen LogP contribution in [-0.4, -0.2) is 27.5 Å². The molecule has 14 heavy (non-hydrogen) atoms. The van der Waals surface area contributed by atoms with Crippen LogP contribution in [0, 0.1) is 5.92 Å². The largest absolute Gasteiger partial charge is 0.388 e. The zero-order chi connectivity index (χ0) is 10.4. The number of hydrogen-bond donors (Lipinski definition) is 2. The quantitative estimate of drug-likeness (QED) is 0.726. The van der Waals surface area contributed by atoms with Gasteiger partial charge in [-0.05, 0) is 25.7 Å². The first-order chi connectivity index (χ1) is 6.43. The van der Waals surface area contributed by atoms with Gasteiger partial charge in [-0.25, -0.2) is 0 Å². The molecule has 1 atom stereocenters.